The zero-order valence-corrected chi connectivity index (χ0v) is 12.6. The highest BCUT2D eigenvalue weighted by Gasteiger charge is 2.03. The fourth-order valence-electron chi connectivity index (χ4n) is 1.96. The molecule has 0 aliphatic rings. The van der Waals surface area contributed by atoms with Crippen molar-refractivity contribution >= 4 is 28.9 Å². The number of carbonyl (C=O) groups excluding carboxylic acids is 1. The predicted octanol–water partition coefficient (Wildman–Crippen LogP) is 4.36. The van der Waals surface area contributed by atoms with Gasteiger partial charge in [-0.05, 0) is 48.4 Å². The lowest BCUT2D eigenvalue weighted by molar-refractivity contribution is -0.114. The van der Waals surface area contributed by atoms with Crippen LogP contribution >= 0.6 is 11.6 Å². The van der Waals surface area contributed by atoms with E-state index in [0.717, 1.165) is 22.5 Å². The van der Waals surface area contributed by atoms with E-state index in [1.807, 2.05) is 25.1 Å². The van der Waals surface area contributed by atoms with Gasteiger partial charge in [0, 0.05) is 24.8 Å². The highest BCUT2D eigenvalue weighted by molar-refractivity contribution is 6.30. The average Bonchev–Trinajstić information content (AvgIpc) is 2.42. The van der Waals surface area contributed by atoms with Gasteiger partial charge in [0.25, 0.3) is 0 Å². The van der Waals surface area contributed by atoms with Gasteiger partial charge in [0.1, 0.15) is 5.82 Å². The first kappa shape index (κ1) is 15.3. The summed E-state index contributed by atoms with van der Waals surface area (Å²) in [7, 11) is 0. The molecule has 0 saturated carbocycles. The summed E-state index contributed by atoms with van der Waals surface area (Å²) in [5.41, 5.74) is 3.44. The largest absolute Gasteiger partial charge is 0.381 e. The summed E-state index contributed by atoms with van der Waals surface area (Å²) in [5.74, 6) is -0.524. The number of benzene rings is 2. The second kappa shape index (κ2) is 6.59. The molecule has 0 atom stereocenters. The van der Waals surface area contributed by atoms with Gasteiger partial charge >= 0.3 is 0 Å². The van der Waals surface area contributed by atoms with E-state index >= 15 is 0 Å². The Balaban J connectivity index is 2.04. The van der Waals surface area contributed by atoms with Gasteiger partial charge in [0.05, 0.1) is 5.02 Å². The normalized spacial score (nSPS) is 10.3. The van der Waals surface area contributed by atoms with Crippen molar-refractivity contribution in [2.24, 2.45) is 0 Å². The number of halogens is 2. The maximum atomic E-state index is 13.3. The predicted molar refractivity (Wildman–Crippen MR) is 84.2 cm³/mol. The van der Waals surface area contributed by atoms with Crippen LogP contribution in [0, 0.1) is 12.7 Å². The van der Waals surface area contributed by atoms with Crippen molar-refractivity contribution in [1.29, 1.82) is 0 Å². The Bertz CT molecular complexity index is 673. The molecule has 0 heterocycles. The first-order valence-corrected chi connectivity index (χ1v) is 6.89. The van der Waals surface area contributed by atoms with Crippen molar-refractivity contribution in [3.05, 3.63) is 58.4 Å². The Morgan fingerprint density at radius 1 is 1.24 bits per heavy atom. The fraction of sp³-hybridized carbons (Fsp3) is 0.188. The van der Waals surface area contributed by atoms with Crippen molar-refractivity contribution in [1.82, 2.24) is 0 Å². The van der Waals surface area contributed by atoms with E-state index in [4.69, 9.17) is 11.6 Å². The lowest BCUT2D eigenvalue weighted by Crippen LogP contribution is -2.07. The number of rotatable bonds is 4. The molecule has 3 nitrogen and oxygen atoms in total. The summed E-state index contributed by atoms with van der Waals surface area (Å²) in [6.07, 6.45) is 0. The summed E-state index contributed by atoms with van der Waals surface area (Å²) in [5, 5.41) is 6.08. The minimum atomic E-state index is -0.423. The summed E-state index contributed by atoms with van der Waals surface area (Å²) in [6, 6.07) is 10.4. The molecular weight excluding hydrogens is 291 g/mol. The molecule has 0 fully saturated rings. The third-order valence-corrected chi connectivity index (χ3v) is 3.32. The summed E-state index contributed by atoms with van der Waals surface area (Å²) in [4.78, 5) is 11.0. The molecule has 1 amide bonds. The summed E-state index contributed by atoms with van der Waals surface area (Å²) >= 11 is 5.65. The average molecular weight is 307 g/mol. The van der Waals surface area contributed by atoms with Crippen LogP contribution in [0.15, 0.2) is 36.4 Å². The van der Waals surface area contributed by atoms with Gasteiger partial charge in [-0.15, -0.1) is 0 Å². The first-order chi connectivity index (χ1) is 9.95. The molecule has 2 aromatic carbocycles. The van der Waals surface area contributed by atoms with Crippen LogP contribution in [-0.4, -0.2) is 5.91 Å². The fourth-order valence-corrected chi connectivity index (χ4v) is 2.07. The second-order valence-corrected chi connectivity index (χ2v) is 5.22. The number of hydrogen-bond donors (Lipinski definition) is 2. The third-order valence-electron chi connectivity index (χ3n) is 3.02. The molecule has 0 unspecified atom stereocenters. The van der Waals surface area contributed by atoms with Gasteiger partial charge in [-0.1, -0.05) is 17.7 Å². The molecule has 110 valence electrons. The topological polar surface area (TPSA) is 41.1 Å². The van der Waals surface area contributed by atoms with Crippen LogP contribution in [0.4, 0.5) is 15.8 Å². The van der Waals surface area contributed by atoms with Crippen LogP contribution in [0.25, 0.3) is 0 Å². The van der Waals surface area contributed by atoms with Gasteiger partial charge in [-0.3, -0.25) is 4.79 Å². The van der Waals surface area contributed by atoms with Crippen LogP contribution in [0.5, 0.6) is 0 Å². The second-order valence-electron chi connectivity index (χ2n) is 4.81. The van der Waals surface area contributed by atoms with Crippen molar-refractivity contribution in [3.8, 4) is 0 Å². The molecule has 0 aliphatic heterocycles. The van der Waals surface area contributed by atoms with Crippen LogP contribution < -0.4 is 10.6 Å². The maximum Gasteiger partial charge on any atom is 0.221 e. The van der Waals surface area contributed by atoms with Crippen molar-refractivity contribution in [2.45, 2.75) is 20.4 Å². The van der Waals surface area contributed by atoms with E-state index in [0.29, 0.717) is 6.54 Å². The van der Waals surface area contributed by atoms with E-state index in [9.17, 15) is 9.18 Å². The molecule has 0 saturated heterocycles. The zero-order valence-electron chi connectivity index (χ0n) is 11.8. The molecule has 2 aromatic rings. The highest BCUT2D eigenvalue weighted by Crippen LogP contribution is 2.21. The Kier molecular flexibility index (Phi) is 4.81. The first-order valence-electron chi connectivity index (χ1n) is 6.52. The summed E-state index contributed by atoms with van der Waals surface area (Å²) < 4.78 is 13.3. The summed E-state index contributed by atoms with van der Waals surface area (Å²) in [6.45, 7) is 3.88. The van der Waals surface area contributed by atoms with Gasteiger partial charge in [0.15, 0.2) is 0 Å². The van der Waals surface area contributed by atoms with Crippen LogP contribution in [0.1, 0.15) is 18.1 Å². The smallest absolute Gasteiger partial charge is 0.221 e. The SMILES string of the molecule is CC(=O)Nc1ccc(NCc2ccc(Cl)c(F)c2)cc1C. The van der Waals surface area contributed by atoms with E-state index in [2.05, 4.69) is 10.6 Å². The quantitative estimate of drug-likeness (QED) is 0.881. The van der Waals surface area contributed by atoms with Gasteiger partial charge in [0.2, 0.25) is 5.91 Å². The van der Waals surface area contributed by atoms with Crippen molar-refractivity contribution in [2.75, 3.05) is 10.6 Å². The van der Waals surface area contributed by atoms with Crippen molar-refractivity contribution in [3.63, 3.8) is 0 Å². The van der Waals surface area contributed by atoms with E-state index < -0.39 is 5.82 Å². The highest BCUT2D eigenvalue weighted by atomic mass is 35.5. The van der Waals surface area contributed by atoms with E-state index in [1.165, 1.54) is 13.0 Å². The van der Waals surface area contributed by atoms with Gasteiger partial charge < -0.3 is 10.6 Å². The number of aryl methyl sites for hydroxylation is 1. The minimum Gasteiger partial charge on any atom is -0.381 e. The monoisotopic (exact) mass is 306 g/mol. The van der Waals surface area contributed by atoms with Gasteiger partial charge in [-0.25, -0.2) is 4.39 Å². The number of hydrogen-bond acceptors (Lipinski definition) is 2. The molecule has 0 bridgehead atoms. The third kappa shape index (κ3) is 4.20. The Morgan fingerprint density at radius 3 is 2.62 bits per heavy atom. The molecule has 0 radical (unpaired) electrons. The van der Waals surface area contributed by atoms with E-state index in [1.54, 1.807) is 12.1 Å². The maximum absolute atomic E-state index is 13.3. The minimum absolute atomic E-state index is 0.101. The molecule has 0 aliphatic carbocycles. The van der Waals surface area contributed by atoms with Crippen LogP contribution in [0.3, 0.4) is 0 Å². The molecule has 0 spiro atoms. The number of amides is 1. The molecule has 0 aromatic heterocycles. The van der Waals surface area contributed by atoms with Crippen molar-refractivity contribution < 1.29 is 9.18 Å². The van der Waals surface area contributed by atoms with Crippen LogP contribution in [0.2, 0.25) is 5.02 Å². The number of anilines is 2. The molecule has 5 heteroatoms. The van der Waals surface area contributed by atoms with Gasteiger partial charge in [-0.2, -0.15) is 0 Å². The van der Waals surface area contributed by atoms with Crippen LogP contribution in [-0.2, 0) is 11.3 Å². The zero-order chi connectivity index (χ0) is 15.4. The molecular formula is C16H16ClFN2O. The molecule has 2 rings (SSSR count). The lowest BCUT2D eigenvalue weighted by Gasteiger charge is -2.11. The standard InChI is InChI=1S/C16H16ClFN2O/c1-10-7-13(4-6-16(10)20-11(2)21)19-9-12-3-5-14(17)15(18)8-12/h3-8,19H,9H2,1-2H3,(H,20,21). The number of nitrogens with one attached hydrogen (secondary N) is 2. The Hall–Kier alpha value is -2.07. The van der Waals surface area contributed by atoms with E-state index in [-0.39, 0.29) is 10.9 Å². The molecule has 21 heavy (non-hydrogen) atoms. The molecule has 2 N–H and O–H groups in total. The lowest BCUT2D eigenvalue weighted by atomic mass is 10.1. The number of carbonyl (C=O) groups is 1. The Labute approximate surface area is 128 Å². The Morgan fingerprint density at radius 2 is 2.00 bits per heavy atom.